The summed E-state index contributed by atoms with van der Waals surface area (Å²) < 4.78 is 64.6. The van der Waals surface area contributed by atoms with Gasteiger partial charge >= 0.3 is 6.18 Å². The van der Waals surface area contributed by atoms with Gasteiger partial charge in [0.1, 0.15) is 11.6 Å². The Morgan fingerprint density at radius 2 is 1.71 bits per heavy atom. The van der Waals surface area contributed by atoms with Crippen LogP contribution in [0.25, 0.3) is 0 Å². The molecular weight excluding hydrogens is 289 g/mol. The fourth-order valence-electron chi connectivity index (χ4n) is 1.96. The monoisotopic (exact) mass is 301 g/mol. The molecule has 6 heteroatoms. The number of anilines is 1. The van der Waals surface area contributed by atoms with Crippen LogP contribution >= 0.6 is 0 Å². The summed E-state index contributed by atoms with van der Waals surface area (Å²) in [4.78, 5) is 0. The lowest BCUT2D eigenvalue weighted by Gasteiger charge is -2.17. The van der Waals surface area contributed by atoms with Crippen molar-refractivity contribution in [3.05, 3.63) is 65.2 Å². The van der Waals surface area contributed by atoms with Crippen molar-refractivity contribution in [2.24, 2.45) is 0 Å². The van der Waals surface area contributed by atoms with Crippen LogP contribution in [0.2, 0.25) is 0 Å². The van der Waals surface area contributed by atoms with Crippen LogP contribution in [0.3, 0.4) is 0 Å². The van der Waals surface area contributed by atoms with E-state index >= 15 is 0 Å². The standard InChI is InChI=1S/C15H12F5N/c1-9(13-8-11(16)5-6-14(13)17)21-12-4-2-3-10(7-12)15(18,19)20/h2-9,21H,1H3. The molecule has 1 unspecified atom stereocenters. The van der Waals surface area contributed by atoms with E-state index in [1.165, 1.54) is 19.1 Å². The lowest BCUT2D eigenvalue weighted by Crippen LogP contribution is -2.10. The van der Waals surface area contributed by atoms with E-state index in [2.05, 4.69) is 5.32 Å². The zero-order chi connectivity index (χ0) is 15.6. The molecule has 0 bridgehead atoms. The third-order valence-electron chi connectivity index (χ3n) is 3.00. The molecule has 0 fully saturated rings. The van der Waals surface area contributed by atoms with E-state index in [1.807, 2.05) is 0 Å². The minimum Gasteiger partial charge on any atom is -0.378 e. The van der Waals surface area contributed by atoms with Gasteiger partial charge in [0, 0.05) is 11.3 Å². The first-order chi connectivity index (χ1) is 9.77. The molecule has 2 rings (SSSR count). The van der Waals surface area contributed by atoms with Gasteiger partial charge in [-0.25, -0.2) is 8.78 Å². The second-order valence-corrected chi connectivity index (χ2v) is 4.61. The van der Waals surface area contributed by atoms with Gasteiger partial charge in [-0.15, -0.1) is 0 Å². The van der Waals surface area contributed by atoms with Crippen molar-refractivity contribution in [2.45, 2.75) is 19.1 Å². The fraction of sp³-hybridized carbons (Fsp3) is 0.200. The molecule has 2 aromatic rings. The molecule has 112 valence electrons. The maximum atomic E-state index is 13.6. The highest BCUT2D eigenvalue weighted by Crippen LogP contribution is 2.31. The molecule has 21 heavy (non-hydrogen) atoms. The summed E-state index contributed by atoms with van der Waals surface area (Å²) in [6, 6.07) is 6.85. The molecule has 0 aliphatic rings. The smallest absolute Gasteiger partial charge is 0.378 e. The van der Waals surface area contributed by atoms with Crippen LogP contribution in [0.1, 0.15) is 24.1 Å². The third-order valence-corrected chi connectivity index (χ3v) is 3.00. The molecule has 1 atom stereocenters. The molecule has 0 spiro atoms. The second kappa shape index (κ2) is 5.71. The van der Waals surface area contributed by atoms with E-state index in [-0.39, 0.29) is 11.3 Å². The lowest BCUT2D eigenvalue weighted by atomic mass is 10.1. The highest BCUT2D eigenvalue weighted by atomic mass is 19.4. The van der Waals surface area contributed by atoms with Crippen molar-refractivity contribution >= 4 is 5.69 Å². The average Bonchev–Trinajstić information content (AvgIpc) is 2.41. The van der Waals surface area contributed by atoms with Crippen molar-refractivity contribution in [3.8, 4) is 0 Å². The highest BCUT2D eigenvalue weighted by molar-refractivity contribution is 5.48. The molecule has 2 aromatic carbocycles. The van der Waals surface area contributed by atoms with Gasteiger partial charge in [-0.2, -0.15) is 13.2 Å². The summed E-state index contributed by atoms with van der Waals surface area (Å²) in [7, 11) is 0. The lowest BCUT2D eigenvalue weighted by molar-refractivity contribution is -0.137. The predicted molar refractivity (Wildman–Crippen MR) is 69.8 cm³/mol. The summed E-state index contributed by atoms with van der Waals surface area (Å²) in [5.41, 5.74) is -0.576. The van der Waals surface area contributed by atoms with Gasteiger partial charge in [-0.05, 0) is 43.3 Å². The van der Waals surface area contributed by atoms with E-state index in [1.54, 1.807) is 0 Å². The van der Waals surface area contributed by atoms with Crippen LogP contribution in [0.4, 0.5) is 27.6 Å². The molecule has 1 nitrogen and oxygen atoms in total. The van der Waals surface area contributed by atoms with Gasteiger partial charge in [0.05, 0.1) is 11.6 Å². The summed E-state index contributed by atoms with van der Waals surface area (Å²) in [5, 5.41) is 2.73. The number of hydrogen-bond donors (Lipinski definition) is 1. The second-order valence-electron chi connectivity index (χ2n) is 4.61. The summed E-state index contributed by atoms with van der Waals surface area (Å²) in [6.45, 7) is 1.54. The molecular formula is C15H12F5N. The molecule has 0 aliphatic carbocycles. The van der Waals surface area contributed by atoms with Gasteiger partial charge in [-0.3, -0.25) is 0 Å². The van der Waals surface area contributed by atoms with Crippen LogP contribution in [0.15, 0.2) is 42.5 Å². The molecule has 1 N–H and O–H groups in total. The quantitative estimate of drug-likeness (QED) is 0.772. The SMILES string of the molecule is CC(Nc1cccc(C(F)(F)F)c1)c1cc(F)ccc1F. The van der Waals surface area contributed by atoms with Crippen LogP contribution in [-0.2, 0) is 6.18 Å². The van der Waals surface area contributed by atoms with Crippen molar-refractivity contribution in [1.82, 2.24) is 0 Å². The largest absolute Gasteiger partial charge is 0.416 e. The number of rotatable bonds is 3. The van der Waals surface area contributed by atoms with Crippen LogP contribution in [0, 0.1) is 11.6 Å². The maximum absolute atomic E-state index is 13.6. The first kappa shape index (κ1) is 15.3. The number of halogens is 5. The van der Waals surface area contributed by atoms with Gasteiger partial charge in [0.25, 0.3) is 0 Å². The molecule has 0 radical (unpaired) electrons. The number of hydrogen-bond acceptors (Lipinski definition) is 1. The molecule has 0 heterocycles. The molecule has 0 aromatic heterocycles. The Kier molecular flexibility index (Phi) is 4.16. The van der Waals surface area contributed by atoms with Crippen LogP contribution in [0.5, 0.6) is 0 Å². The molecule has 0 aliphatic heterocycles. The topological polar surface area (TPSA) is 12.0 Å². The average molecular weight is 301 g/mol. The summed E-state index contributed by atoms with van der Waals surface area (Å²) in [5.74, 6) is -1.23. The van der Waals surface area contributed by atoms with Crippen LogP contribution in [-0.4, -0.2) is 0 Å². The molecule has 0 saturated carbocycles. The minimum absolute atomic E-state index is 0.0485. The van der Waals surface area contributed by atoms with Gasteiger partial charge in [0.2, 0.25) is 0 Å². The third kappa shape index (κ3) is 3.71. The van der Waals surface area contributed by atoms with E-state index in [0.29, 0.717) is 0 Å². The first-order valence-corrected chi connectivity index (χ1v) is 6.16. The zero-order valence-corrected chi connectivity index (χ0v) is 11.0. The Hall–Kier alpha value is -2.11. The number of nitrogens with one attached hydrogen (secondary N) is 1. The van der Waals surface area contributed by atoms with E-state index in [0.717, 1.165) is 30.3 Å². The molecule has 0 saturated heterocycles. The molecule has 0 amide bonds. The first-order valence-electron chi connectivity index (χ1n) is 6.16. The highest BCUT2D eigenvalue weighted by Gasteiger charge is 2.30. The fourth-order valence-corrected chi connectivity index (χ4v) is 1.96. The maximum Gasteiger partial charge on any atom is 0.416 e. The van der Waals surface area contributed by atoms with Crippen molar-refractivity contribution < 1.29 is 22.0 Å². The number of benzene rings is 2. The Morgan fingerprint density at radius 3 is 2.38 bits per heavy atom. The Balaban J connectivity index is 2.23. The van der Waals surface area contributed by atoms with Gasteiger partial charge < -0.3 is 5.32 Å². The van der Waals surface area contributed by atoms with Crippen molar-refractivity contribution in [3.63, 3.8) is 0 Å². The minimum atomic E-state index is -4.45. The van der Waals surface area contributed by atoms with Crippen molar-refractivity contribution in [1.29, 1.82) is 0 Å². The Labute approximate surface area is 118 Å². The summed E-state index contributed by atoms with van der Waals surface area (Å²) >= 11 is 0. The van der Waals surface area contributed by atoms with Gasteiger partial charge in [0.15, 0.2) is 0 Å². The normalized spacial score (nSPS) is 13.0. The van der Waals surface area contributed by atoms with Gasteiger partial charge in [-0.1, -0.05) is 6.07 Å². The Bertz CT molecular complexity index is 636. The Morgan fingerprint density at radius 1 is 1.00 bits per heavy atom. The van der Waals surface area contributed by atoms with E-state index < -0.39 is 29.4 Å². The number of alkyl halides is 3. The van der Waals surface area contributed by atoms with Crippen molar-refractivity contribution in [2.75, 3.05) is 5.32 Å². The zero-order valence-electron chi connectivity index (χ0n) is 11.0. The van der Waals surface area contributed by atoms with E-state index in [4.69, 9.17) is 0 Å². The predicted octanol–water partition coefficient (Wildman–Crippen LogP) is 5.16. The summed E-state index contributed by atoms with van der Waals surface area (Å²) in [6.07, 6.45) is -4.45. The van der Waals surface area contributed by atoms with E-state index in [9.17, 15) is 22.0 Å². The van der Waals surface area contributed by atoms with Crippen LogP contribution < -0.4 is 5.32 Å².